The molecule has 0 unspecified atom stereocenters. The van der Waals surface area contributed by atoms with Crippen LogP contribution in [0, 0.1) is 5.82 Å². The van der Waals surface area contributed by atoms with E-state index in [0.717, 1.165) is 16.9 Å². The standard InChI is InChI=1S/C26H23FN4O3S/c1-2-30(21-11-9-20(27)10-12-21)24(32)16-35-26-29-28-25(19-6-4-3-5-7-19)31(26)15-18-8-13-22-23(14-18)34-17-33-22/h3-14H,2,15-17H2,1H3. The summed E-state index contributed by atoms with van der Waals surface area (Å²) in [5.41, 5.74) is 2.59. The van der Waals surface area contributed by atoms with Crippen molar-refractivity contribution in [2.45, 2.75) is 18.6 Å². The summed E-state index contributed by atoms with van der Waals surface area (Å²) < 4.78 is 26.3. The molecule has 1 amide bonds. The predicted octanol–water partition coefficient (Wildman–Crippen LogP) is 5.01. The molecule has 0 N–H and O–H groups in total. The third kappa shape index (κ3) is 5.00. The minimum Gasteiger partial charge on any atom is -0.454 e. The van der Waals surface area contributed by atoms with Gasteiger partial charge in [0, 0.05) is 17.8 Å². The monoisotopic (exact) mass is 490 g/mol. The highest BCUT2D eigenvalue weighted by atomic mass is 32.2. The number of halogens is 1. The summed E-state index contributed by atoms with van der Waals surface area (Å²) in [5, 5.41) is 9.47. The molecule has 5 rings (SSSR count). The van der Waals surface area contributed by atoms with Crippen molar-refractivity contribution in [3.63, 3.8) is 0 Å². The lowest BCUT2D eigenvalue weighted by Gasteiger charge is -2.21. The van der Waals surface area contributed by atoms with E-state index in [1.165, 1.54) is 23.9 Å². The van der Waals surface area contributed by atoms with E-state index in [4.69, 9.17) is 9.47 Å². The summed E-state index contributed by atoms with van der Waals surface area (Å²) in [4.78, 5) is 14.7. The number of anilines is 1. The topological polar surface area (TPSA) is 69.5 Å². The molecule has 0 saturated carbocycles. The smallest absolute Gasteiger partial charge is 0.237 e. The van der Waals surface area contributed by atoms with Crippen molar-refractivity contribution in [3.8, 4) is 22.9 Å². The van der Waals surface area contributed by atoms with E-state index in [0.29, 0.717) is 35.5 Å². The van der Waals surface area contributed by atoms with Gasteiger partial charge >= 0.3 is 0 Å². The molecule has 35 heavy (non-hydrogen) atoms. The molecule has 0 bridgehead atoms. The van der Waals surface area contributed by atoms with E-state index in [9.17, 15) is 9.18 Å². The van der Waals surface area contributed by atoms with E-state index >= 15 is 0 Å². The lowest BCUT2D eigenvalue weighted by atomic mass is 10.2. The number of hydrogen-bond donors (Lipinski definition) is 0. The SMILES string of the molecule is CCN(C(=O)CSc1nnc(-c2ccccc2)n1Cc1ccc2c(c1)OCO2)c1ccc(F)cc1. The molecule has 1 aliphatic heterocycles. The first-order valence-corrected chi connectivity index (χ1v) is 12.2. The number of carbonyl (C=O) groups is 1. The zero-order valence-corrected chi connectivity index (χ0v) is 19.9. The van der Waals surface area contributed by atoms with Crippen LogP contribution >= 0.6 is 11.8 Å². The van der Waals surface area contributed by atoms with Gasteiger partial charge in [0.1, 0.15) is 5.82 Å². The molecule has 7 nitrogen and oxygen atoms in total. The second kappa shape index (κ2) is 10.2. The fraction of sp³-hybridized carbons (Fsp3) is 0.192. The maximum atomic E-state index is 13.3. The van der Waals surface area contributed by atoms with Crippen molar-refractivity contribution in [1.82, 2.24) is 14.8 Å². The Hall–Kier alpha value is -3.85. The molecule has 3 aromatic carbocycles. The molecule has 0 saturated heterocycles. The molecule has 0 fully saturated rings. The summed E-state index contributed by atoms with van der Waals surface area (Å²) >= 11 is 1.32. The summed E-state index contributed by atoms with van der Waals surface area (Å²) in [7, 11) is 0. The molecule has 1 aromatic heterocycles. The van der Waals surface area contributed by atoms with Crippen molar-refractivity contribution in [2.24, 2.45) is 0 Å². The van der Waals surface area contributed by atoms with E-state index < -0.39 is 0 Å². The van der Waals surface area contributed by atoms with Crippen LogP contribution in [-0.4, -0.2) is 39.8 Å². The lowest BCUT2D eigenvalue weighted by molar-refractivity contribution is -0.116. The van der Waals surface area contributed by atoms with Gasteiger partial charge in [0.05, 0.1) is 12.3 Å². The number of carbonyl (C=O) groups excluding carboxylic acids is 1. The average molecular weight is 491 g/mol. The largest absolute Gasteiger partial charge is 0.454 e. The van der Waals surface area contributed by atoms with Crippen LogP contribution in [0.5, 0.6) is 11.5 Å². The Bertz CT molecular complexity index is 1330. The Morgan fingerprint density at radius 2 is 1.80 bits per heavy atom. The number of ether oxygens (including phenoxy) is 2. The number of thioether (sulfide) groups is 1. The quantitative estimate of drug-likeness (QED) is 0.324. The maximum absolute atomic E-state index is 13.3. The molecule has 0 radical (unpaired) electrons. The zero-order chi connectivity index (χ0) is 24.2. The normalized spacial score (nSPS) is 12.1. The van der Waals surface area contributed by atoms with Crippen molar-refractivity contribution in [2.75, 3.05) is 24.0 Å². The van der Waals surface area contributed by atoms with Crippen molar-refractivity contribution >= 4 is 23.4 Å². The number of benzene rings is 3. The highest BCUT2D eigenvalue weighted by Gasteiger charge is 2.20. The summed E-state index contributed by atoms with van der Waals surface area (Å²) in [6.45, 7) is 3.08. The first kappa shape index (κ1) is 22.9. The minimum absolute atomic E-state index is 0.0944. The molecule has 0 aliphatic carbocycles. The molecule has 178 valence electrons. The number of aromatic nitrogens is 3. The number of hydrogen-bond acceptors (Lipinski definition) is 6. The Balaban J connectivity index is 1.40. The first-order chi connectivity index (χ1) is 17.1. The van der Waals surface area contributed by atoms with Gasteiger partial charge in [-0.15, -0.1) is 10.2 Å². The zero-order valence-electron chi connectivity index (χ0n) is 19.1. The molecular weight excluding hydrogens is 467 g/mol. The Morgan fingerprint density at radius 1 is 1.03 bits per heavy atom. The van der Waals surface area contributed by atoms with Gasteiger partial charge in [0.25, 0.3) is 0 Å². The Kier molecular flexibility index (Phi) is 6.67. The number of amides is 1. The third-order valence-electron chi connectivity index (χ3n) is 5.61. The van der Waals surface area contributed by atoms with E-state index in [1.807, 2.05) is 60.0 Å². The minimum atomic E-state index is -0.336. The van der Waals surface area contributed by atoms with Crippen LogP contribution in [0.2, 0.25) is 0 Å². The van der Waals surface area contributed by atoms with Gasteiger partial charge < -0.3 is 14.4 Å². The van der Waals surface area contributed by atoms with Gasteiger partial charge in [0.2, 0.25) is 12.7 Å². The highest BCUT2D eigenvalue weighted by molar-refractivity contribution is 7.99. The predicted molar refractivity (Wildman–Crippen MR) is 132 cm³/mol. The lowest BCUT2D eigenvalue weighted by Crippen LogP contribution is -2.32. The van der Waals surface area contributed by atoms with Gasteiger partial charge in [0.15, 0.2) is 22.5 Å². The summed E-state index contributed by atoms with van der Waals surface area (Å²) in [6, 6.07) is 21.6. The van der Waals surface area contributed by atoms with Crippen LogP contribution in [0.25, 0.3) is 11.4 Å². The van der Waals surface area contributed by atoms with Crippen LogP contribution in [0.4, 0.5) is 10.1 Å². The van der Waals surface area contributed by atoms with Crippen molar-refractivity contribution < 1.29 is 18.7 Å². The molecular formula is C26H23FN4O3S. The highest BCUT2D eigenvalue weighted by Crippen LogP contribution is 2.34. The van der Waals surface area contributed by atoms with E-state index in [1.54, 1.807) is 17.0 Å². The second-order valence-corrected chi connectivity index (χ2v) is 8.79. The number of nitrogens with zero attached hydrogens (tertiary/aromatic N) is 4. The maximum Gasteiger partial charge on any atom is 0.237 e. The second-order valence-electron chi connectivity index (χ2n) is 7.85. The van der Waals surface area contributed by atoms with E-state index in [2.05, 4.69) is 10.2 Å². The Labute approximate surface area is 206 Å². The fourth-order valence-corrected chi connectivity index (χ4v) is 4.70. The molecule has 0 atom stereocenters. The van der Waals surface area contributed by atoms with Crippen LogP contribution in [-0.2, 0) is 11.3 Å². The van der Waals surface area contributed by atoms with Gasteiger partial charge in [-0.3, -0.25) is 9.36 Å². The molecule has 2 heterocycles. The summed E-state index contributed by atoms with van der Waals surface area (Å²) in [6.07, 6.45) is 0. The average Bonchev–Trinajstić information content (AvgIpc) is 3.51. The fourth-order valence-electron chi connectivity index (χ4n) is 3.89. The molecule has 1 aliphatic rings. The van der Waals surface area contributed by atoms with E-state index in [-0.39, 0.29) is 24.3 Å². The first-order valence-electron chi connectivity index (χ1n) is 11.2. The van der Waals surface area contributed by atoms with Crippen molar-refractivity contribution in [1.29, 1.82) is 0 Å². The van der Waals surface area contributed by atoms with Crippen LogP contribution in [0.3, 0.4) is 0 Å². The summed E-state index contributed by atoms with van der Waals surface area (Å²) in [5.74, 6) is 1.88. The van der Waals surface area contributed by atoms with Gasteiger partial charge in [-0.1, -0.05) is 48.2 Å². The van der Waals surface area contributed by atoms with Crippen LogP contribution in [0.15, 0.2) is 78.0 Å². The number of fused-ring (bicyclic) bond motifs is 1. The van der Waals surface area contributed by atoms with Gasteiger partial charge in [-0.25, -0.2) is 4.39 Å². The number of rotatable bonds is 8. The molecule has 0 spiro atoms. The van der Waals surface area contributed by atoms with Crippen LogP contribution < -0.4 is 14.4 Å². The molecule has 4 aromatic rings. The van der Waals surface area contributed by atoms with Crippen molar-refractivity contribution in [3.05, 3.63) is 84.2 Å². The third-order valence-corrected chi connectivity index (χ3v) is 6.56. The molecule has 9 heteroatoms. The van der Waals surface area contributed by atoms with Gasteiger partial charge in [-0.05, 0) is 48.9 Å². The van der Waals surface area contributed by atoms with Gasteiger partial charge in [-0.2, -0.15) is 0 Å². The van der Waals surface area contributed by atoms with Crippen LogP contribution in [0.1, 0.15) is 12.5 Å². The Morgan fingerprint density at radius 3 is 2.57 bits per heavy atom.